The number of benzene rings is 1. The van der Waals surface area contributed by atoms with Crippen LogP contribution in [-0.2, 0) is 10.9 Å². The number of aryl methyl sites for hydroxylation is 1. The molecule has 0 N–H and O–H groups in total. The van der Waals surface area contributed by atoms with Gasteiger partial charge in [0.2, 0.25) is 0 Å². The van der Waals surface area contributed by atoms with Crippen LogP contribution in [0.3, 0.4) is 0 Å². The van der Waals surface area contributed by atoms with Crippen molar-refractivity contribution in [2.75, 3.05) is 7.11 Å². The van der Waals surface area contributed by atoms with Crippen LogP contribution in [0.4, 0.5) is 26.3 Å². The predicted octanol–water partition coefficient (Wildman–Crippen LogP) is 4.28. The highest BCUT2D eigenvalue weighted by Gasteiger charge is 2.35. The van der Waals surface area contributed by atoms with E-state index in [2.05, 4.69) is 19.7 Å². The summed E-state index contributed by atoms with van der Waals surface area (Å²) in [6.07, 6.45) is -9.76. The van der Waals surface area contributed by atoms with Gasteiger partial charge >= 0.3 is 18.5 Å². The van der Waals surface area contributed by atoms with E-state index in [0.717, 1.165) is 25.3 Å². The van der Waals surface area contributed by atoms with Crippen LogP contribution < -0.4 is 9.47 Å². The van der Waals surface area contributed by atoms with E-state index in [-0.39, 0.29) is 11.3 Å². The van der Waals surface area contributed by atoms with Crippen LogP contribution in [0.15, 0.2) is 24.3 Å². The van der Waals surface area contributed by atoms with Gasteiger partial charge in [-0.05, 0) is 36.8 Å². The SMILES string of the molecule is COC(=O)c1cc(C(F)(F)F)nnc1Oc1ccc(OC(F)(F)F)cc1C. The van der Waals surface area contributed by atoms with Gasteiger partial charge in [0.25, 0.3) is 5.88 Å². The molecule has 0 aliphatic carbocycles. The minimum Gasteiger partial charge on any atom is -0.465 e. The summed E-state index contributed by atoms with van der Waals surface area (Å²) in [6.45, 7) is 1.36. The maximum Gasteiger partial charge on any atom is 0.573 e. The first-order chi connectivity index (χ1) is 12.4. The fraction of sp³-hybridized carbons (Fsp3) is 0.267. The number of halogens is 6. The molecule has 146 valence electrons. The van der Waals surface area contributed by atoms with Gasteiger partial charge in [-0.3, -0.25) is 0 Å². The third kappa shape index (κ3) is 5.21. The van der Waals surface area contributed by atoms with Crippen molar-refractivity contribution in [1.29, 1.82) is 0 Å². The number of hydrogen-bond acceptors (Lipinski definition) is 6. The molecule has 6 nitrogen and oxygen atoms in total. The number of esters is 1. The van der Waals surface area contributed by atoms with Crippen molar-refractivity contribution >= 4 is 5.97 Å². The molecule has 0 aliphatic rings. The molecule has 0 spiro atoms. The van der Waals surface area contributed by atoms with E-state index in [1.807, 2.05) is 0 Å². The molecule has 0 fully saturated rings. The van der Waals surface area contributed by atoms with Gasteiger partial charge in [0.05, 0.1) is 7.11 Å². The van der Waals surface area contributed by atoms with Crippen molar-refractivity contribution < 1.29 is 45.3 Å². The summed E-state index contributed by atoms with van der Waals surface area (Å²) in [4.78, 5) is 11.7. The van der Waals surface area contributed by atoms with E-state index in [1.165, 1.54) is 6.92 Å². The first-order valence-corrected chi connectivity index (χ1v) is 6.98. The van der Waals surface area contributed by atoms with Crippen molar-refractivity contribution in [3.05, 3.63) is 41.1 Å². The second-order valence-corrected chi connectivity index (χ2v) is 5.01. The van der Waals surface area contributed by atoms with Gasteiger partial charge in [-0.25, -0.2) is 4.79 Å². The van der Waals surface area contributed by atoms with E-state index in [1.54, 1.807) is 0 Å². The zero-order valence-electron chi connectivity index (χ0n) is 13.6. The molecule has 12 heteroatoms. The van der Waals surface area contributed by atoms with Gasteiger partial charge in [0.15, 0.2) is 5.69 Å². The Labute approximate surface area is 147 Å². The van der Waals surface area contributed by atoms with E-state index >= 15 is 0 Å². The van der Waals surface area contributed by atoms with Crippen molar-refractivity contribution in [1.82, 2.24) is 10.2 Å². The van der Waals surface area contributed by atoms with E-state index in [0.29, 0.717) is 6.07 Å². The van der Waals surface area contributed by atoms with E-state index in [9.17, 15) is 31.1 Å². The molecular weight excluding hydrogens is 386 g/mol. The van der Waals surface area contributed by atoms with Gasteiger partial charge in [-0.15, -0.1) is 23.4 Å². The van der Waals surface area contributed by atoms with Crippen LogP contribution >= 0.6 is 0 Å². The molecule has 0 saturated carbocycles. The fourth-order valence-corrected chi connectivity index (χ4v) is 1.89. The third-order valence-corrected chi connectivity index (χ3v) is 3.04. The largest absolute Gasteiger partial charge is 0.573 e. The average Bonchev–Trinajstić information content (AvgIpc) is 2.54. The highest BCUT2D eigenvalue weighted by atomic mass is 19.4. The molecule has 0 atom stereocenters. The minimum absolute atomic E-state index is 0.0799. The molecule has 1 aromatic carbocycles. The zero-order chi connectivity index (χ0) is 20.4. The Morgan fingerprint density at radius 1 is 1.04 bits per heavy atom. The lowest BCUT2D eigenvalue weighted by Gasteiger charge is -2.14. The summed E-state index contributed by atoms with van der Waals surface area (Å²) < 4.78 is 88.2. The van der Waals surface area contributed by atoms with Crippen LogP contribution in [0.5, 0.6) is 17.4 Å². The zero-order valence-corrected chi connectivity index (χ0v) is 13.6. The molecule has 27 heavy (non-hydrogen) atoms. The highest BCUT2D eigenvalue weighted by Crippen LogP contribution is 2.33. The summed E-state index contributed by atoms with van der Waals surface area (Å²) in [5, 5.41) is 6.17. The number of methoxy groups -OCH3 is 1. The summed E-state index contributed by atoms with van der Waals surface area (Å²) in [5.74, 6) is -2.38. The Kier molecular flexibility index (Phi) is 5.47. The Morgan fingerprint density at radius 2 is 1.70 bits per heavy atom. The summed E-state index contributed by atoms with van der Waals surface area (Å²) in [5.41, 5.74) is -1.97. The Balaban J connectivity index is 2.38. The van der Waals surface area contributed by atoms with E-state index < -0.39 is 41.4 Å². The van der Waals surface area contributed by atoms with Gasteiger partial charge < -0.3 is 14.2 Å². The number of hydrogen-bond donors (Lipinski definition) is 0. The van der Waals surface area contributed by atoms with Crippen LogP contribution in [-0.4, -0.2) is 29.6 Å². The third-order valence-electron chi connectivity index (χ3n) is 3.04. The lowest BCUT2D eigenvalue weighted by molar-refractivity contribution is -0.274. The fourth-order valence-electron chi connectivity index (χ4n) is 1.89. The van der Waals surface area contributed by atoms with Crippen LogP contribution in [0.2, 0.25) is 0 Å². The number of carbonyl (C=O) groups excluding carboxylic acids is 1. The summed E-state index contributed by atoms with van der Waals surface area (Å²) in [7, 11) is 0.939. The first-order valence-electron chi connectivity index (χ1n) is 6.98. The molecule has 0 radical (unpaired) electrons. The second-order valence-electron chi connectivity index (χ2n) is 5.01. The van der Waals surface area contributed by atoms with Gasteiger partial charge in [-0.2, -0.15) is 13.2 Å². The average molecular weight is 396 g/mol. The molecule has 2 aromatic rings. The Bertz CT molecular complexity index is 851. The van der Waals surface area contributed by atoms with Crippen LogP contribution in [0.25, 0.3) is 0 Å². The van der Waals surface area contributed by atoms with Gasteiger partial charge in [0.1, 0.15) is 17.1 Å². The number of aromatic nitrogens is 2. The topological polar surface area (TPSA) is 70.5 Å². The number of nitrogens with zero attached hydrogens (tertiary/aromatic N) is 2. The lowest BCUT2D eigenvalue weighted by atomic mass is 10.2. The quantitative estimate of drug-likeness (QED) is 0.568. The van der Waals surface area contributed by atoms with Crippen molar-refractivity contribution in [2.24, 2.45) is 0 Å². The molecule has 0 amide bonds. The summed E-state index contributed by atoms with van der Waals surface area (Å²) >= 11 is 0. The number of ether oxygens (including phenoxy) is 3. The Hall–Kier alpha value is -3.05. The lowest BCUT2D eigenvalue weighted by Crippen LogP contribution is -2.17. The second kappa shape index (κ2) is 7.29. The van der Waals surface area contributed by atoms with Gasteiger partial charge in [-0.1, -0.05) is 0 Å². The normalized spacial score (nSPS) is 11.9. The standard InChI is InChI=1S/C15H10F6N2O4/c1-7-5-8(27-15(19,20)21)3-4-10(7)26-12-9(13(24)25-2)6-11(22-23-12)14(16,17)18/h3-6H,1-2H3. The number of rotatable bonds is 4. The van der Waals surface area contributed by atoms with Gasteiger partial charge in [0, 0.05) is 0 Å². The predicted molar refractivity (Wildman–Crippen MR) is 76.3 cm³/mol. The van der Waals surface area contributed by atoms with E-state index in [4.69, 9.17) is 4.74 Å². The van der Waals surface area contributed by atoms with Crippen molar-refractivity contribution in [3.8, 4) is 17.4 Å². The smallest absolute Gasteiger partial charge is 0.465 e. The number of alkyl halides is 6. The molecule has 0 unspecified atom stereocenters. The minimum atomic E-state index is -4.90. The molecule has 1 heterocycles. The summed E-state index contributed by atoms with van der Waals surface area (Å²) in [6, 6.07) is 3.37. The molecular formula is C15H10F6N2O4. The maximum atomic E-state index is 12.7. The van der Waals surface area contributed by atoms with Crippen molar-refractivity contribution in [3.63, 3.8) is 0 Å². The molecule has 0 aliphatic heterocycles. The molecule has 0 saturated heterocycles. The highest BCUT2D eigenvalue weighted by molar-refractivity contribution is 5.91. The van der Waals surface area contributed by atoms with Crippen LogP contribution in [0, 0.1) is 6.92 Å². The monoisotopic (exact) mass is 396 g/mol. The number of carbonyl (C=O) groups is 1. The Morgan fingerprint density at radius 3 is 2.22 bits per heavy atom. The van der Waals surface area contributed by atoms with Crippen LogP contribution in [0.1, 0.15) is 21.6 Å². The van der Waals surface area contributed by atoms with Crippen molar-refractivity contribution in [2.45, 2.75) is 19.5 Å². The molecule has 1 aromatic heterocycles. The molecule has 2 rings (SSSR count). The molecule has 0 bridgehead atoms. The maximum absolute atomic E-state index is 12.7. The first kappa shape index (κ1) is 20.3.